The number of hydrogen-bond donors (Lipinski definition) is 6. The van der Waals surface area contributed by atoms with E-state index >= 15 is 0 Å². The molecule has 0 saturated heterocycles. The van der Waals surface area contributed by atoms with E-state index in [0.29, 0.717) is 38.6 Å². The number of esters is 1. The molecule has 302 valence electrons. The van der Waals surface area contributed by atoms with Crippen molar-refractivity contribution in [2.45, 2.75) is 136 Å². The van der Waals surface area contributed by atoms with Gasteiger partial charge >= 0.3 is 5.97 Å². The Kier molecular flexibility index (Phi) is 19.5. The Balaban J connectivity index is 2.60. The SMILES string of the molecule is C/C1=C(\CCCCC(C)(C)C)OC(=O)CNC(=O)C(COCCCN)NC(=O)C(CN)NC(=O)C(C2CCCCC2)NC(=O)C(CC(C)C)N(C)C1=O. The molecule has 0 bridgehead atoms. The number of carbonyl (C=O) groups is 6. The van der Waals surface area contributed by atoms with Crippen LogP contribution in [0.15, 0.2) is 11.3 Å². The summed E-state index contributed by atoms with van der Waals surface area (Å²) in [4.78, 5) is 83.7. The van der Waals surface area contributed by atoms with Crippen molar-refractivity contribution in [3.05, 3.63) is 11.3 Å². The molecule has 1 heterocycles. The van der Waals surface area contributed by atoms with E-state index in [4.69, 9.17) is 20.9 Å². The van der Waals surface area contributed by atoms with Crippen molar-refractivity contribution in [1.29, 1.82) is 0 Å². The average molecular weight is 750 g/mol. The Hall–Kier alpha value is -3.56. The highest BCUT2D eigenvalue weighted by molar-refractivity contribution is 5.99. The third kappa shape index (κ3) is 15.8. The Morgan fingerprint density at radius 2 is 1.53 bits per heavy atom. The molecule has 15 heteroatoms. The number of cyclic esters (lactones) is 1. The van der Waals surface area contributed by atoms with Gasteiger partial charge < -0.3 is 47.1 Å². The smallest absolute Gasteiger partial charge is 0.330 e. The average Bonchev–Trinajstić information content (AvgIpc) is 3.11. The fourth-order valence-corrected chi connectivity index (χ4v) is 6.57. The van der Waals surface area contributed by atoms with Gasteiger partial charge in [-0.25, -0.2) is 4.79 Å². The summed E-state index contributed by atoms with van der Waals surface area (Å²) in [6.07, 6.45) is 7.59. The van der Waals surface area contributed by atoms with Crippen LogP contribution < -0.4 is 32.7 Å². The minimum absolute atomic E-state index is 0.00436. The molecule has 0 radical (unpaired) electrons. The van der Waals surface area contributed by atoms with Crippen molar-refractivity contribution in [2.75, 3.05) is 39.9 Å². The maximum atomic E-state index is 14.2. The molecule has 0 aromatic carbocycles. The van der Waals surface area contributed by atoms with Gasteiger partial charge in [-0.3, -0.25) is 24.0 Å². The number of unbranched alkanes of at least 4 members (excludes halogenated alkanes) is 1. The molecule has 8 N–H and O–H groups in total. The summed E-state index contributed by atoms with van der Waals surface area (Å²) < 4.78 is 11.3. The van der Waals surface area contributed by atoms with Crippen molar-refractivity contribution in [3.63, 3.8) is 0 Å². The van der Waals surface area contributed by atoms with Crippen molar-refractivity contribution < 1.29 is 38.2 Å². The van der Waals surface area contributed by atoms with E-state index in [1.165, 1.54) is 11.9 Å². The zero-order valence-corrected chi connectivity index (χ0v) is 33.1. The van der Waals surface area contributed by atoms with Crippen LogP contribution in [-0.4, -0.2) is 104 Å². The van der Waals surface area contributed by atoms with Gasteiger partial charge in [-0.05, 0) is 69.2 Å². The first-order valence-electron chi connectivity index (χ1n) is 19.3. The quantitative estimate of drug-likeness (QED) is 0.118. The van der Waals surface area contributed by atoms with Crippen LogP contribution in [0.4, 0.5) is 0 Å². The molecule has 1 aliphatic carbocycles. The molecule has 4 atom stereocenters. The molecule has 2 rings (SSSR count). The number of nitrogens with two attached hydrogens (primary N) is 2. The van der Waals surface area contributed by atoms with E-state index < -0.39 is 66.2 Å². The largest absolute Gasteiger partial charge is 0.429 e. The van der Waals surface area contributed by atoms with Crippen LogP contribution in [0.3, 0.4) is 0 Å². The lowest BCUT2D eigenvalue weighted by Gasteiger charge is -2.34. The molecule has 53 heavy (non-hydrogen) atoms. The maximum absolute atomic E-state index is 14.2. The van der Waals surface area contributed by atoms with E-state index in [1.807, 2.05) is 13.8 Å². The minimum Gasteiger partial charge on any atom is -0.429 e. The number of carbonyl (C=O) groups excluding carboxylic acids is 6. The number of hydrogen-bond acceptors (Lipinski definition) is 10. The first-order chi connectivity index (χ1) is 25.0. The van der Waals surface area contributed by atoms with E-state index in [0.717, 1.165) is 32.1 Å². The van der Waals surface area contributed by atoms with Gasteiger partial charge in [0.05, 0.1) is 12.2 Å². The Labute approximate surface area is 315 Å². The minimum atomic E-state index is -1.25. The van der Waals surface area contributed by atoms with Crippen LogP contribution >= 0.6 is 0 Å². The van der Waals surface area contributed by atoms with Gasteiger partial charge in [0, 0.05) is 26.6 Å². The van der Waals surface area contributed by atoms with E-state index in [-0.39, 0.29) is 54.8 Å². The molecule has 0 aromatic heterocycles. The molecule has 1 saturated carbocycles. The first-order valence-corrected chi connectivity index (χ1v) is 19.3. The zero-order chi connectivity index (χ0) is 39.7. The van der Waals surface area contributed by atoms with Gasteiger partial charge in [0.25, 0.3) is 5.91 Å². The number of rotatable bonds is 13. The topological polar surface area (TPSA) is 224 Å². The predicted octanol–water partition coefficient (Wildman–Crippen LogP) is 1.77. The molecule has 1 aliphatic heterocycles. The van der Waals surface area contributed by atoms with Crippen LogP contribution in [0.1, 0.15) is 112 Å². The molecular weight excluding hydrogens is 682 g/mol. The summed E-state index contributed by atoms with van der Waals surface area (Å²) >= 11 is 0. The second kappa shape index (κ2) is 22.6. The van der Waals surface area contributed by atoms with Gasteiger partial charge in [0.1, 0.15) is 36.5 Å². The molecule has 4 unspecified atom stereocenters. The summed E-state index contributed by atoms with van der Waals surface area (Å²) in [5, 5.41) is 10.7. The normalized spacial score (nSPS) is 25.5. The summed E-state index contributed by atoms with van der Waals surface area (Å²) in [6, 6.07) is -4.46. The molecule has 5 amide bonds. The second-order valence-corrected chi connectivity index (χ2v) is 16.0. The van der Waals surface area contributed by atoms with Gasteiger partial charge in [0.15, 0.2) is 0 Å². The Bertz CT molecular complexity index is 1280. The van der Waals surface area contributed by atoms with Gasteiger partial charge in [-0.15, -0.1) is 0 Å². The number of amides is 5. The second-order valence-electron chi connectivity index (χ2n) is 16.0. The fourth-order valence-electron chi connectivity index (χ4n) is 6.57. The van der Waals surface area contributed by atoms with Crippen LogP contribution in [0.2, 0.25) is 0 Å². The van der Waals surface area contributed by atoms with E-state index in [9.17, 15) is 28.8 Å². The molecule has 1 fully saturated rings. The summed E-state index contributed by atoms with van der Waals surface area (Å²) in [7, 11) is 1.53. The van der Waals surface area contributed by atoms with Crippen molar-refractivity contribution in [3.8, 4) is 0 Å². The molecule has 15 nitrogen and oxygen atoms in total. The number of allylic oxidation sites excluding steroid dienone is 1. The first kappa shape index (κ1) is 45.6. The molecular formula is C38H67N7O8. The molecule has 0 aromatic rings. The van der Waals surface area contributed by atoms with Crippen LogP contribution in [-0.2, 0) is 38.2 Å². The van der Waals surface area contributed by atoms with Crippen LogP contribution in [0, 0.1) is 17.3 Å². The summed E-state index contributed by atoms with van der Waals surface area (Å²) in [5.41, 5.74) is 11.8. The van der Waals surface area contributed by atoms with Crippen molar-refractivity contribution in [1.82, 2.24) is 26.2 Å². The van der Waals surface area contributed by atoms with E-state index in [2.05, 4.69) is 42.0 Å². The van der Waals surface area contributed by atoms with Gasteiger partial charge in [-0.1, -0.05) is 60.3 Å². The Morgan fingerprint density at radius 1 is 0.868 bits per heavy atom. The standard InChI is InChI=1S/C38H67N7O8/c1-24(2)20-29-35(49)44-32(26-14-9-8-10-15-26)36(50)42-27(21-40)34(48)43-28(23-52-19-13-18-39)33(47)41-22-31(46)53-30(25(3)37(51)45(29)7)16-11-12-17-38(4,5)6/h24,26-29,32H,8-23,39-40H2,1-7H3,(H,41,47)(H,42,50)(H,43,48)(H,44,49)/b30-25-. The molecule has 0 spiro atoms. The van der Waals surface area contributed by atoms with Crippen LogP contribution in [0.25, 0.3) is 0 Å². The number of likely N-dealkylation sites (N-methyl/N-ethyl adjacent to an activating group) is 1. The van der Waals surface area contributed by atoms with Gasteiger partial charge in [0.2, 0.25) is 23.6 Å². The maximum Gasteiger partial charge on any atom is 0.330 e. The summed E-state index contributed by atoms with van der Waals surface area (Å²) in [6.45, 7) is 11.3. The summed E-state index contributed by atoms with van der Waals surface area (Å²) in [5.74, 6) is -3.93. The monoisotopic (exact) mass is 750 g/mol. The van der Waals surface area contributed by atoms with E-state index in [1.54, 1.807) is 6.92 Å². The molecule has 2 aliphatic rings. The number of nitrogens with zero attached hydrogens (tertiary/aromatic N) is 1. The lowest BCUT2D eigenvalue weighted by Crippen LogP contribution is -2.62. The predicted molar refractivity (Wildman–Crippen MR) is 202 cm³/mol. The van der Waals surface area contributed by atoms with Gasteiger partial charge in [-0.2, -0.15) is 0 Å². The number of ether oxygens (including phenoxy) is 2. The van der Waals surface area contributed by atoms with Crippen molar-refractivity contribution in [2.24, 2.45) is 28.7 Å². The lowest BCUT2D eigenvalue weighted by molar-refractivity contribution is -0.141. The lowest BCUT2D eigenvalue weighted by atomic mass is 9.83. The third-order valence-electron chi connectivity index (χ3n) is 9.73. The van der Waals surface area contributed by atoms with Crippen molar-refractivity contribution >= 4 is 35.5 Å². The highest BCUT2D eigenvalue weighted by atomic mass is 16.5. The number of nitrogens with one attached hydrogen (secondary N) is 4. The van der Waals surface area contributed by atoms with Crippen LogP contribution in [0.5, 0.6) is 0 Å². The zero-order valence-electron chi connectivity index (χ0n) is 33.1. The highest BCUT2D eigenvalue weighted by Crippen LogP contribution is 2.28. The fraction of sp³-hybridized carbons (Fsp3) is 0.789. The Morgan fingerprint density at radius 3 is 2.13 bits per heavy atom. The highest BCUT2D eigenvalue weighted by Gasteiger charge is 2.38. The third-order valence-corrected chi connectivity index (χ3v) is 9.73.